The summed E-state index contributed by atoms with van der Waals surface area (Å²) in [5, 5.41) is 1.09. The zero-order chi connectivity index (χ0) is 11.4. The maximum Gasteiger partial charge on any atom is 2.00 e. The van der Waals surface area contributed by atoms with Crippen LogP contribution in [0.3, 0.4) is 0 Å². The van der Waals surface area contributed by atoms with Crippen molar-refractivity contribution in [2.45, 2.75) is 6.61 Å². The number of hydrogen-bond acceptors (Lipinski definition) is 1. The van der Waals surface area contributed by atoms with Crippen LogP contribution in [0.5, 0.6) is 5.75 Å². The first-order chi connectivity index (χ1) is 7.75. The van der Waals surface area contributed by atoms with E-state index in [2.05, 4.69) is 6.07 Å². The normalized spacial score (nSPS) is 9.00. The fourth-order valence-electron chi connectivity index (χ4n) is 1.26. The van der Waals surface area contributed by atoms with Crippen LogP contribution in [0.1, 0.15) is 5.56 Å². The van der Waals surface area contributed by atoms with Gasteiger partial charge in [0.05, 0.1) is 10.0 Å². The number of rotatable bonds is 3. The molecule has 2 aromatic carbocycles. The fourth-order valence-corrected chi connectivity index (χ4v) is 1.58. The molecule has 0 amide bonds. The Bertz CT molecular complexity index is 480. The van der Waals surface area contributed by atoms with Crippen LogP contribution in [0, 0.1) is 6.07 Å². The summed E-state index contributed by atoms with van der Waals surface area (Å²) in [7, 11) is 0. The van der Waals surface area contributed by atoms with E-state index in [-0.39, 0.29) is 40.0 Å². The summed E-state index contributed by atoms with van der Waals surface area (Å²) in [5.41, 5.74) is 0.978. The molecule has 18 heavy (non-hydrogen) atoms. The van der Waals surface area contributed by atoms with Crippen molar-refractivity contribution in [1.29, 1.82) is 0 Å². The van der Waals surface area contributed by atoms with Crippen molar-refractivity contribution >= 4 is 46.3 Å². The number of halogens is 3. The third kappa shape index (κ3) is 5.37. The van der Waals surface area contributed by atoms with Gasteiger partial charge in [-0.25, -0.2) is 0 Å². The Labute approximate surface area is 143 Å². The first-order valence-electron chi connectivity index (χ1n) is 4.79. The number of benzene rings is 2. The summed E-state index contributed by atoms with van der Waals surface area (Å²) in [4.78, 5) is 0. The fraction of sp³-hybridized carbons (Fsp3) is 0.0769. The van der Waals surface area contributed by atoms with Gasteiger partial charge in [0.1, 0.15) is 6.61 Å². The Morgan fingerprint density at radius 3 is 2.44 bits per heavy atom. The maximum atomic E-state index is 5.90. The standard InChI is InChI=1S/C13H9Cl2O.BrH.Mg/c14-12-7-6-10(8-13(12)15)9-16-11-4-2-1-3-5-11;;/h1-4,6-8H,9H2;1H;/q-1;;+2/p-1. The molecule has 0 aliphatic carbocycles. The van der Waals surface area contributed by atoms with E-state index in [0.29, 0.717) is 22.4 Å². The first-order valence-corrected chi connectivity index (χ1v) is 5.55. The monoisotopic (exact) mass is 354 g/mol. The zero-order valence-corrected chi connectivity index (χ0v) is 14.0. The van der Waals surface area contributed by atoms with E-state index < -0.39 is 0 Å². The molecule has 90 valence electrons. The van der Waals surface area contributed by atoms with Gasteiger partial charge in [-0.3, -0.25) is 0 Å². The molecule has 1 nitrogen and oxygen atoms in total. The molecule has 2 aromatic rings. The molecule has 0 bridgehead atoms. The van der Waals surface area contributed by atoms with Gasteiger partial charge in [0, 0.05) is 5.75 Å². The molecule has 0 saturated carbocycles. The van der Waals surface area contributed by atoms with E-state index in [9.17, 15) is 0 Å². The van der Waals surface area contributed by atoms with Gasteiger partial charge >= 0.3 is 23.1 Å². The summed E-state index contributed by atoms with van der Waals surface area (Å²) < 4.78 is 5.53. The Hall–Kier alpha value is 0.0662. The molecule has 0 spiro atoms. The minimum absolute atomic E-state index is 0. The van der Waals surface area contributed by atoms with Crippen molar-refractivity contribution in [3.05, 3.63) is 64.1 Å². The number of ether oxygens (including phenoxy) is 1. The van der Waals surface area contributed by atoms with Crippen LogP contribution in [0.25, 0.3) is 0 Å². The van der Waals surface area contributed by atoms with Crippen molar-refractivity contribution in [2.75, 3.05) is 0 Å². The topological polar surface area (TPSA) is 9.23 Å². The van der Waals surface area contributed by atoms with Gasteiger partial charge in [-0.15, -0.1) is 12.1 Å². The number of hydrogen-bond donors (Lipinski definition) is 0. The van der Waals surface area contributed by atoms with Crippen LogP contribution >= 0.6 is 23.2 Å². The van der Waals surface area contributed by atoms with Crippen LogP contribution in [-0.4, -0.2) is 23.1 Å². The molecule has 0 N–H and O–H groups in total. The Morgan fingerprint density at radius 1 is 1.06 bits per heavy atom. The van der Waals surface area contributed by atoms with Crippen molar-refractivity contribution in [3.63, 3.8) is 0 Å². The number of para-hydroxylation sites is 1. The molecule has 0 aromatic heterocycles. The average molecular weight is 356 g/mol. The van der Waals surface area contributed by atoms with Crippen LogP contribution in [0.4, 0.5) is 0 Å². The van der Waals surface area contributed by atoms with Crippen molar-refractivity contribution in [2.24, 2.45) is 0 Å². The van der Waals surface area contributed by atoms with Gasteiger partial charge in [0.15, 0.2) is 0 Å². The smallest absolute Gasteiger partial charge is 1.00 e. The van der Waals surface area contributed by atoms with E-state index in [0.717, 1.165) is 5.56 Å². The molecule has 0 atom stereocenters. The summed E-state index contributed by atoms with van der Waals surface area (Å²) in [6, 6.07) is 15.9. The van der Waals surface area contributed by atoms with Crippen LogP contribution in [-0.2, 0) is 6.61 Å². The molecule has 0 aliphatic heterocycles. The van der Waals surface area contributed by atoms with Crippen molar-refractivity contribution in [3.8, 4) is 5.75 Å². The van der Waals surface area contributed by atoms with Gasteiger partial charge in [-0.05, 0) is 17.7 Å². The zero-order valence-electron chi connectivity index (χ0n) is 9.50. The molecular weight excluding hydrogens is 347 g/mol. The van der Waals surface area contributed by atoms with Crippen molar-refractivity contribution in [1.82, 2.24) is 0 Å². The Morgan fingerprint density at radius 2 is 1.83 bits per heavy atom. The molecule has 5 heteroatoms. The Kier molecular flexibility index (Phi) is 9.08. The van der Waals surface area contributed by atoms with E-state index >= 15 is 0 Å². The van der Waals surface area contributed by atoms with E-state index in [1.54, 1.807) is 12.1 Å². The van der Waals surface area contributed by atoms with E-state index in [1.165, 1.54) is 0 Å². The van der Waals surface area contributed by atoms with Gasteiger partial charge in [0.25, 0.3) is 0 Å². The summed E-state index contributed by atoms with van der Waals surface area (Å²) >= 11 is 11.7. The first kappa shape index (κ1) is 18.1. The van der Waals surface area contributed by atoms with Gasteiger partial charge in [0.2, 0.25) is 0 Å². The second-order valence-corrected chi connectivity index (χ2v) is 4.08. The van der Waals surface area contributed by atoms with Crippen molar-refractivity contribution < 1.29 is 21.7 Å². The molecular formula is C13H9BrCl2MgO. The van der Waals surface area contributed by atoms with E-state index in [4.69, 9.17) is 27.9 Å². The molecule has 0 heterocycles. The minimum atomic E-state index is 0. The second kappa shape index (κ2) is 9.05. The van der Waals surface area contributed by atoms with Crippen LogP contribution in [0.2, 0.25) is 10.0 Å². The predicted octanol–water partition coefficient (Wildman–Crippen LogP) is 0.996. The van der Waals surface area contributed by atoms with Gasteiger partial charge < -0.3 is 21.7 Å². The molecule has 0 saturated heterocycles. The Balaban J connectivity index is 0.00000144. The molecule has 0 fully saturated rings. The third-order valence-corrected chi connectivity index (χ3v) is 2.80. The van der Waals surface area contributed by atoms with Crippen LogP contribution in [0.15, 0.2) is 42.5 Å². The van der Waals surface area contributed by atoms with Gasteiger partial charge in [-0.1, -0.05) is 29.3 Å². The summed E-state index contributed by atoms with van der Waals surface area (Å²) in [6.45, 7) is 0.456. The quantitative estimate of drug-likeness (QED) is 0.589. The molecule has 0 unspecified atom stereocenters. The average Bonchev–Trinajstić information content (AvgIpc) is 2.32. The molecule has 0 aliphatic rings. The molecule has 2 rings (SSSR count). The van der Waals surface area contributed by atoms with Gasteiger partial charge in [-0.2, -0.15) is 18.2 Å². The molecule has 0 radical (unpaired) electrons. The second-order valence-electron chi connectivity index (χ2n) is 3.26. The predicted molar refractivity (Wildman–Crippen MR) is 71.8 cm³/mol. The summed E-state index contributed by atoms with van der Waals surface area (Å²) in [5.74, 6) is 0.716. The summed E-state index contributed by atoms with van der Waals surface area (Å²) in [6.07, 6.45) is 0. The third-order valence-electron chi connectivity index (χ3n) is 2.06. The SMILES string of the molecule is Clc1ccc(COc2[c-]cccc2)cc1Cl.[Br-].[Mg+2]. The minimum Gasteiger partial charge on any atom is -1.00 e. The van der Waals surface area contributed by atoms with Crippen LogP contribution < -0.4 is 21.7 Å². The van der Waals surface area contributed by atoms with E-state index in [1.807, 2.05) is 30.3 Å². The largest absolute Gasteiger partial charge is 2.00 e. The maximum absolute atomic E-state index is 5.90.